The topological polar surface area (TPSA) is 53.6 Å². The number of halogens is 2. The third-order valence-electron chi connectivity index (χ3n) is 4.36. The van der Waals surface area contributed by atoms with E-state index < -0.39 is 17.7 Å². The van der Waals surface area contributed by atoms with Crippen LogP contribution in [-0.2, 0) is 17.8 Å². The van der Waals surface area contributed by atoms with Crippen molar-refractivity contribution in [1.82, 2.24) is 10.2 Å². The molecule has 0 radical (unpaired) electrons. The van der Waals surface area contributed by atoms with E-state index in [1.807, 2.05) is 18.2 Å². The third kappa shape index (κ3) is 5.74. The molecule has 144 valence electrons. The molecule has 2 aromatic rings. The molecule has 1 heterocycles. The lowest BCUT2D eigenvalue weighted by atomic mass is 10.1. The molecule has 1 unspecified atom stereocenters. The second-order valence-electron chi connectivity index (χ2n) is 6.67. The number of anilines is 1. The van der Waals surface area contributed by atoms with E-state index in [2.05, 4.69) is 28.5 Å². The van der Waals surface area contributed by atoms with E-state index >= 15 is 0 Å². The number of rotatable bonds is 5. The van der Waals surface area contributed by atoms with E-state index in [1.165, 1.54) is 6.07 Å². The Morgan fingerprint density at radius 1 is 1.22 bits per heavy atom. The number of nitrogens with zero attached hydrogens (tertiary/aromatic N) is 1. The minimum Gasteiger partial charge on any atom is -0.376 e. The Balaban J connectivity index is 1.52. The van der Waals surface area contributed by atoms with Gasteiger partial charge in [-0.3, -0.25) is 4.90 Å². The van der Waals surface area contributed by atoms with Gasteiger partial charge in [-0.05, 0) is 30.2 Å². The number of carbonyl (C=O) groups is 1. The normalized spacial score (nSPS) is 17.5. The number of hydrogen-bond donors (Lipinski definition) is 2. The molecule has 2 amide bonds. The molecule has 1 saturated heterocycles. The molecule has 0 aliphatic carbocycles. The summed E-state index contributed by atoms with van der Waals surface area (Å²) in [4.78, 5) is 14.3. The Kier molecular flexibility index (Phi) is 6.36. The fourth-order valence-corrected chi connectivity index (χ4v) is 3.07. The van der Waals surface area contributed by atoms with Gasteiger partial charge in [-0.1, -0.05) is 24.3 Å². The van der Waals surface area contributed by atoms with Crippen LogP contribution in [0, 0.1) is 11.6 Å². The predicted octanol–water partition coefficient (Wildman–Crippen LogP) is 3.51. The van der Waals surface area contributed by atoms with Crippen LogP contribution in [-0.4, -0.2) is 36.7 Å². The molecule has 5 nitrogen and oxygen atoms in total. The summed E-state index contributed by atoms with van der Waals surface area (Å²) in [5.41, 5.74) is 2.04. The molecule has 1 atom stereocenters. The quantitative estimate of drug-likeness (QED) is 0.841. The molecule has 0 saturated carbocycles. The van der Waals surface area contributed by atoms with E-state index in [0.29, 0.717) is 6.54 Å². The summed E-state index contributed by atoms with van der Waals surface area (Å²) in [5, 5.41) is 5.06. The van der Waals surface area contributed by atoms with Gasteiger partial charge < -0.3 is 15.4 Å². The zero-order valence-corrected chi connectivity index (χ0v) is 15.2. The average Bonchev–Trinajstić information content (AvgIpc) is 2.63. The van der Waals surface area contributed by atoms with Crippen LogP contribution in [0.1, 0.15) is 18.1 Å². The fraction of sp³-hybridized carbons (Fsp3) is 0.350. The summed E-state index contributed by atoms with van der Waals surface area (Å²) in [6, 6.07) is 10.4. The second-order valence-corrected chi connectivity index (χ2v) is 6.67. The van der Waals surface area contributed by atoms with Gasteiger partial charge in [0.05, 0.1) is 18.4 Å². The first-order chi connectivity index (χ1) is 13.0. The van der Waals surface area contributed by atoms with Gasteiger partial charge >= 0.3 is 6.03 Å². The van der Waals surface area contributed by atoms with Crippen LogP contribution in [0.15, 0.2) is 42.5 Å². The van der Waals surface area contributed by atoms with Gasteiger partial charge in [0.15, 0.2) is 0 Å². The van der Waals surface area contributed by atoms with E-state index in [1.54, 1.807) is 0 Å². The lowest BCUT2D eigenvalue weighted by Gasteiger charge is -2.31. The maximum absolute atomic E-state index is 13.6. The van der Waals surface area contributed by atoms with E-state index in [9.17, 15) is 13.6 Å². The Morgan fingerprint density at radius 3 is 2.81 bits per heavy atom. The van der Waals surface area contributed by atoms with Crippen molar-refractivity contribution in [3.8, 4) is 0 Å². The molecule has 2 aromatic carbocycles. The number of benzene rings is 2. The summed E-state index contributed by atoms with van der Waals surface area (Å²) in [6.07, 6.45) is 0.235. The number of nitrogens with one attached hydrogen (secondary N) is 2. The van der Waals surface area contributed by atoms with Crippen LogP contribution in [0.25, 0.3) is 0 Å². The van der Waals surface area contributed by atoms with Gasteiger partial charge in [-0.25, -0.2) is 13.6 Å². The van der Waals surface area contributed by atoms with Crippen LogP contribution < -0.4 is 10.6 Å². The number of amides is 2. The van der Waals surface area contributed by atoms with Crippen molar-refractivity contribution >= 4 is 11.7 Å². The first-order valence-corrected chi connectivity index (χ1v) is 8.91. The third-order valence-corrected chi connectivity index (χ3v) is 4.36. The largest absolute Gasteiger partial charge is 0.376 e. The van der Waals surface area contributed by atoms with Crippen LogP contribution in [0.4, 0.5) is 19.3 Å². The molecular weight excluding hydrogens is 352 g/mol. The average molecular weight is 375 g/mol. The summed E-state index contributed by atoms with van der Waals surface area (Å²) < 4.78 is 32.0. The minimum atomic E-state index is -0.813. The van der Waals surface area contributed by atoms with Gasteiger partial charge in [0.1, 0.15) is 11.6 Å². The number of urea groups is 1. The van der Waals surface area contributed by atoms with Gasteiger partial charge in [0.25, 0.3) is 0 Å². The molecule has 1 aliphatic rings. The Hall–Kier alpha value is -2.51. The summed E-state index contributed by atoms with van der Waals surface area (Å²) >= 11 is 0. The lowest BCUT2D eigenvalue weighted by Crippen LogP contribution is -2.40. The van der Waals surface area contributed by atoms with Gasteiger partial charge in [0, 0.05) is 32.2 Å². The highest BCUT2D eigenvalue weighted by Gasteiger charge is 2.16. The zero-order valence-electron chi connectivity index (χ0n) is 15.2. The number of morpholine rings is 1. The van der Waals surface area contributed by atoms with E-state index in [4.69, 9.17) is 4.74 Å². The molecule has 7 heteroatoms. The van der Waals surface area contributed by atoms with E-state index in [-0.39, 0.29) is 11.8 Å². The molecule has 27 heavy (non-hydrogen) atoms. The summed E-state index contributed by atoms with van der Waals surface area (Å²) in [6.45, 7) is 5.74. The highest BCUT2D eigenvalue weighted by Crippen LogP contribution is 2.15. The highest BCUT2D eigenvalue weighted by molar-refractivity contribution is 5.89. The van der Waals surface area contributed by atoms with Crippen LogP contribution in [0.2, 0.25) is 0 Å². The molecule has 1 fully saturated rings. The molecule has 1 aliphatic heterocycles. The SMILES string of the molecule is CC1CN(Cc2cccc(CNC(=O)Nc3ccc(F)cc3F)c2)CCO1. The Labute approximate surface area is 157 Å². The molecule has 3 rings (SSSR count). The van der Waals surface area contributed by atoms with Gasteiger partial charge in [-0.15, -0.1) is 0 Å². The number of ether oxygens (including phenoxy) is 1. The Morgan fingerprint density at radius 2 is 2.04 bits per heavy atom. The first-order valence-electron chi connectivity index (χ1n) is 8.91. The molecular formula is C20H23F2N3O2. The van der Waals surface area contributed by atoms with Crippen LogP contribution >= 0.6 is 0 Å². The number of carbonyl (C=O) groups excluding carboxylic acids is 1. The van der Waals surface area contributed by atoms with Crippen molar-refractivity contribution in [2.45, 2.75) is 26.1 Å². The van der Waals surface area contributed by atoms with Gasteiger partial charge in [0.2, 0.25) is 0 Å². The lowest BCUT2D eigenvalue weighted by molar-refractivity contribution is -0.0212. The smallest absolute Gasteiger partial charge is 0.319 e. The van der Waals surface area contributed by atoms with E-state index in [0.717, 1.165) is 49.5 Å². The molecule has 0 spiro atoms. The highest BCUT2D eigenvalue weighted by atomic mass is 19.1. The van der Waals surface area contributed by atoms with Crippen molar-refractivity contribution in [1.29, 1.82) is 0 Å². The molecule has 2 N–H and O–H groups in total. The first kappa shape index (κ1) is 19.3. The van der Waals surface area contributed by atoms with Crippen LogP contribution in [0.5, 0.6) is 0 Å². The van der Waals surface area contributed by atoms with Crippen molar-refractivity contribution in [3.05, 3.63) is 65.2 Å². The standard InChI is InChI=1S/C20H23F2N3O2/c1-14-12-25(7-8-27-14)13-16-4-2-3-15(9-16)11-23-20(26)24-19-6-5-17(21)10-18(19)22/h2-6,9-10,14H,7-8,11-13H2,1H3,(H2,23,24,26). The molecule has 0 aromatic heterocycles. The zero-order chi connectivity index (χ0) is 19.2. The Bertz CT molecular complexity index is 801. The van der Waals surface area contributed by atoms with Crippen molar-refractivity contribution in [2.24, 2.45) is 0 Å². The number of hydrogen-bond acceptors (Lipinski definition) is 3. The van der Waals surface area contributed by atoms with Crippen LogP contribution in [0.3, 0.4) is 0 Å². The summed E-state index contributed by atoms with van der Waals surface area (Å²) in [5.74, 6) is -1.50. The molecule has 0 bridgehead atoms. The van der Waals surface area contributed by atoms with Crippen molar-refractivity contribution in [2.75, 3.05) is 25.0 Å². The predicted molar refractivity (Wildman–Crippen MR) is 99.3 cm³/mol. The second kappa shape index (κ2) is 8.92. The maximum atomic E-state index is 13.6. The summed E-state index contributed by atoms with van der Waals surface area (Å²) in [7, 11) is 0. The monoisotopic (exact) mass is 375 g/mol. The minimum absolute atomic E-state index is 0.0657. The fourth-order valence-electron chi connectivity index (χ4n) is 3.07. The van der Waals surface area contributed by atoms with Crippen molar-refractivity contribution < 1.29 is 18.3 Å². The van der Waals surface area contributed by atoms with Crippen molar-refractivity contribution in [3.63, 3.8) is 0 Å². The van der Waals surface area contributed by atoms with Gasteiger partial charge in [-0.2, -0.15) is 0 Å². The maximum Gasteiger partial charge on any atom is 0.319 e.